The molecule has 0 amide bonds. The van der Waals surface area contributed by atoms with E-state index in [1.54, 1.807) is 12.1 Å². The van der Waals surface area contributed by atoms with Crippen LogP contribution in [0.2, 0.25) is 0 Å². The van der Waals surface area contributed by atoms with Crippen LogP contribution in [0.1, 0.15) is 111 Å². The lowest BCUT2D eigenvalue weighted by Gasteiger charge is -2.59. The fourth-order valence-corrected chi connectivity index (χ4v) is 11.0. The SMILES string of the molecule is CC(=O)OC1CC[C@@]2(COS(=O)(=O)c3ccc(C)cc3)C(=CC[C@@H]3[C@@H]2CC[C@]2(C)[C@@H]([C@H](C)CCCC(C)C)CC[C@@H]32)C1. The quantitative estimate of drug-likeness (QED) is 0.153. The van der Waals surface area contributed by atoms with Crippen molar-refractivity contribution in [2.75, 3.05) is 6.61 Å². The maximum atomic E-state index is 13.4. The summed E-state index contributed by atoms with van der Waals surface area (Å²) in [5, 5.41) is 0. The van der Waals surface area contributed by atoms with E-state index in [1.165, 1.54) is 51.0 Å². The van der Waals surface area contributed by atoms with Crippen molar-refractivity contribution in [1.82, 2.24) is 0 Å². The van der Waals surface area contributed by atoms with Gasteiger partial charge in [0.25, 0.3) is 10.1 Å². The number of esters is 1. The van der Waals surface area contributed by atoms with Crippen molar-refractivity contribution < 1.29 is 22.1 Å². The topological polar surface area (TPSA) is 69.7 Å². The largest absolute Gasteiger partial charge is 0.462 e. The highest BCUT2D eigenvalue weighted by atomic mass is 32.2. The Morgan fingerprint density at radius 2 is 1.74 bits per heavy atom. The molecule has 5 nitrogen and oxygen atoms in total. The van der Waals surface area contributed by atoms with Crippen LogP contribution in [0.5, 0.6) is 0 Å². The van der Waals surface area contributed by atoms with Crippen LogP contribution in [0, 0.1) is 53.3 Å². The minimum absolute atomic E-state index is 0.136. The molecular weight excluding hydrogens is 544 g/mol. The number of fused-ring (bicyclic) bond motifs is 5. The Labute approximate surface area is 255 Å². The molecule has 0 saturated heterocycles. The number of rotatable bonds is 10. The number of ether oxygens (including phenoxy) is 1. The first-order valence-corrected chi connectivity index (χ1v) is 18.1. The summed E-state index contributed by atoms with van der Waals surface area (Å²) in [6.45, 7) is 13.4. The van der Waals surface area contributed by atoms with Gasteiger partial charge < -0.3 is 4.74 Å². The Kier molecular flexibility index (Phi) is 9.36. The first-order chi connectivity index (χ1) is 19.9. The normalized spacial score (nSPS) is 35.1. The van der Waals surface area contributed by atoms with E-state index < -0.39 is 10.1 Å². The molecule has 42 heavy (non-hydrogen) atoms. The monoisotopic (exact) mass is 598 g/mol. The van der Waals surface area contributed by atoms with Crippen LogP contribution in [-0.4, -0.2) is 27.1 Å². The van der Waals surface area contributed by atoms with Crippen molar-refractivity contribution in [2.24, 2.45) is 46.3 Å². The van der Waals surface area contributed by atoms with E-state index in [0.717, 1.165) is 49.0 Å². The highest BCUT2D eigenvalue weighted by Crippen LogP contribution is 2.67. The van der Waals surface area contributed by atoms with Crippen LogP contribution in [0.3, 0.4) is 0 Å². The predicted molar refractivity (Wildman–Crippen MR) is 167 cm³/mol. The van der Waals surface area contributed by atoms with E-state index in [9.17, 15) is 13.2 Å². The van der Waals surface area contributed by atoms with Gasteiger partial charge in [0.2, 0.25) is 0 Å². The highest BCUT2D eigenvalue weighted by Gasteiger charge is 2.60. The summed E-state index contributed by atoms with van der Waals surface area (Å²) < 4.78 is 38.5. The smallest absolute Gasteiger partial charge is 0.302 e. The molecule has 0 aromatic heterocycles. The maximum absolute atomic E-state index is 13.4. The van der Waals surface area contributed by atoms with Gasteiger partial charge in [0.1, 0.15) is 6.10 Å². The summed E-state index contributed by atoms with van der Waals surface area (Å²) in [7, 11) is -3.88. The van der Waals surface area contributed by atoms with Gasteiger partial charge in [-0.1, -0.05) is 76.3 Å². The van der Waals surface area contributed by atoms with Gasteiger partial charge in [-0.2, -0.15) is 8.42 Å². The average Bonchev–Trinajstić information content (AvgIpc) is 3.29. The first kappa shape index (κ1) is 31.8. The third kappa shape index (κ3) is 6.14. The second-order valence-corrected chi connectivity index (χ2v) is 16.6. The molecule has 3 saturated carbocycles. The van der Waals surface area contributed by atoms with Gasteiger partial charge in [-0.25, -0.2) is 0 Å². The third-order valence-corrected chi connectivity index (χ3v) is 13.4. The van der Waals surface area contributed by atoms with E-state index in [1.807, 2.05) is 19.1 Å². The lowest BCUT2D eigenvalue weighted by molar-refractivity contribution is -0.149. The fourth-order valence-electron chi connectivity index (χ4n) is 10.0. The van der Waals surface area contributed by atoms with Gasteiger partial charge in [0.15, 0.2) is 0 Å². The molecule has 6 heteroatoms. The fraction of sp³-hybridized carbons (Fsp3) is 0.750. The molecule has 4 aliphatic rings. The third-order valence-electron chi connectivity index (χ3n) is 12.1. The van der Waals surface area contributed by atoms with Gasteiger partial charge in [-0.3, -0.25) is 8.98 Å². The van der Waals surface area contributed by atoms with Crippen molar-refractivity contribution in [3.63, 3.8) is 0 Å². The van der Waals surface area contributed by atoms with Crippen LogP contribution in [0.4, 0.5) is 0 Å². The predicted octanol–water partition coefficient (Wildman–Crippen LogP) is 8.65. The van der Waals surface area contributed by atoms with E-state index >= 15 is 0 Å². The highest BCUT2D eigenvalue weighted by molar-refractivity contribution is 7.86. The summed E-state index contributed by atoms with van der Waals surface area (Å²) in [4.78, 5) is 12.0. The average molecular weight is 599 g/mol. The second kappa shape index (κ2) is 12.4. The molecule has 1 unspecified atom stereocenters. The Morgan fingerprint density at radius 1 is 1.00 bits per heavy atom. The first-order valence-electron chi connectivity index (χ1n) is 16.7. The Morgan fingerprint density at radius 3 is 2.43 bits per heavy atom. The van der Waals surface area contributed by atoms with E-state index in [2.05, 4.69) is 33.8 Å². The number of hydrogen-bond acceptors (Lipinski definition) is 5. The number of hydrogen-bond donors (Lipinski definition) is 0. The molecule has 0 radical (unpaired) electrons. The Bertz CT molecular complexity index is 1250. The Hall–Kier alpha value is -1.66. The van der Waals surface area contributed by atoms with Gasteiger partial charge in [-0.15, -0.1) is 0 Å². The summed E-state index contributed by atoms with van der Waals surface area (Å²) in [5.74, 6) is 3.67. The van der Waals surface area contributed by atoms with Crippen molar-refractivity contribution in [2.45, 2.75) is 123 Å². The minimum Gasteiger partial charge on any atom is -0.462 e. The van der Waals surface area contributed by atoms with Gasteiger partial charge in [0, 0.05) is 18.8 Å². The molecule has 0 N–H and O–H groups in total. The Balaban J connectivity index is 1.40. The number of carbonyl (C=O) groups excluding carboxylic acids is 1. The second-order valence-electron chi connectivity index (χ2n) is 15.0. The van der Waals surface area contributed by atoms with Crippen molar-refractivity contribution in [3.8, 4) is 0 Å². The lowest BCUT2D eigenvalue weighted by Crippen LogP contribution is -2.54. The summed E-state index contributed by atoms with van der Waals surface area (Å²) in [6.07, 6.45) is 14.5. The molecule has 4 aliphatic carbocycles. The standard InChI is InChI=1S/C36H54O5S/c1-24(2)8-7-9-26(4)32-16-17-33-31-15-12-28-22-29(41-27(5)37)18-21-36(28,34(31)19-20-35(32,33)6)23-40-42(38,39)30-13-10-25(3)11-14-30/h10-14,24,26,29,31-34H,7-9,15-23H2,1-6H3/t26-,29?,31+,32-,33+,34+,35-,36-/m1/s1. The van der Waals surface area contributed by atoms with E-state index in [4.69, 9.17) is 8.92 Å². The number of allylic oxidation sites excluding steroid dienone is 1. The minimum atomic E-state index is -3.88. The molecule has 0 heterocycles. The molecule has 1 aromatic carbocycles. The molecule has 1 aromatic rings. The van der Waals surface area contributed by atoms with Crippen LogP contribution in [0.15, 0.2) is 40.8 Å². The van der Waals surface area contributed by atoms with Crippen LogP contribution in [-0.2, 0) is 23.8 Å². The van der Waals surface area contributed by atoms with Crippen molar-refractivity contribution >= 4 is 16.1 Å². The zero-order chi connectivity index (χ0) is 30.3. The van der Waals surface area contributed by atoms with Crippen LogP contribution >= 0.6 is 0 Å². The molecule has 0 spiro atoms. The number of aryl methyl sites for hydroxylation is 1. The summed E-state index contributed by atoms with van der Waals surface area (Å²) in [6, 6.07) is 6.94. The molecule has 234 valence electrons. The molecule has 0 bridgehead atoms. The zero-order valence-electron chi connectivity index (χ0n) is 26.9. The van der Waals surface area contributed by atoms with E-state index in [0.29, 0.717) is 29.6 Å². The van der Waals surface area contributed by atoms with Crippen molar-refractivity contribution in [3.05, 3.63) is 41.5 Å². The van der Waals surface area contributed by atoms with Crippen molar-refractivity contribution in [1.29, 1.82) is 0 Å². The molecule has 5 rings (SSSR count). The molecule has 8 atom stereocenters. The lowest BCUT2D eigenvalue weighted by atomic mass is 9.46. The number of carbonyl (C=O) groups is 1. The molecule has 3 fully saturated rings. The molecule has 0 aliphatic heterocycles. The van der Waals surface area contributed by atoms with Crippen LogP contribution < -0.4 is 0 Å². The van der Waals surface area contributed by atoms with Gasteiger partial charge in [-0.05, 0) is 105 Å². The molecular formula is C36H54O5S. The number of benzene rings is 1. The maximum Gasteiger partial charge on any atom is 0.302 e. The summed E-state index contributed by atoms with van der Waals surface area (Å²) in [5.41, 5.74) is 2.32. The van der Waals surface area contributed by atoms with Gasteiger partial charge in [0.05, 0.1) is 11.5 Å². The van der Waals surface area contributed by atoms with E-state index in [-0.39, 0.29) is 29.0 Å². The zero-order valence-corrected chi connectivity index (χ0v) is 27.7. The van der Waals surface area contributed by atoms with Gasteiger partial charge >= 0.3 is 5.97 Å². The van der Waals surface area contributed by atoms with Crippen LogP contribution in [0.25, 0.3) is 0 Å². The summed E-state index contributed by atoms with van der Waals surface area (Å²) >= 11 is 0.